The third-order valence-electron chi connectivity index (χ3n) is 5.01. The fraction of sp³-hybridized carbons (Fsp3) is 0.529. The van der Waals surface area contributed by atoms with Gasteiger partial charge in [0.25, 0.3) is 0 Å². The van der Waals surface area contributed by atoms with Crippen molar-refractivity contribution < 1.29 is 32.2 Å². The first-order valence-electron chi connectivity index (χ1n) is 8.27. The lowest BCUT2D eigenvalue weighted by atomic mass is 9.72. The fourth-order valence-electron chi connectivity index (χ4n) is 3.69. The summed E-state index contributed by atoms with van der Waals surface area (Å²) in [6.45, 7) is 0.385. The van der Waals surface area contributed by atoms with Crippen molar-refractivity contribution in [3.63, 3.8) is 0 Å². The Kier molecular flexibility index (Phi) is 5.16. The van der Waals surface area contributed by atoms with Gasteiger partial charge in [-0.1, -0.05) is 18.2 Å². The van der Waals surface area contributed by atoms with Gasteiger partial charge in [0.15, 0.2) is 5.79 Å². The van der Waals surface area contributed by atoms with E-state index >= 15 is 0 Å². The number of sulfonamides is 1. The average Bonchev–Trinajstić information content (AvgIpc) is 3.13. The Balaban J connectivity index is 2.03. The highest BCUT2D eigenvalue weighted by Gasteiger charge is 2.65. The highest BCUT2D eigenvalue weighted by molar-refractivity contribution is 7.89. The first kappa shape index (κ1) is 19.0. The molecule has 142 valence electrons. The van der Waals surface area contributed by atoms with Gasteiger partial charge >= 0.3 is 5.97 Å². The van der Waals surface area contributed by atoms with Crippen LogP contribution in [-0.2, 0) is 33.8 Å². The second kappa shape index (κ2) is 7.07. The van der Waals surface area contributed by atoms with Gasteiger partial charge in [0, 0.05) is 25.9 Å². The zero-order valence-corrected chi connectivity index (χ0v) is 15.2. The molecule has 0 aromatic heterocycles. The second-order valence-corrected chi connectivity index (χ2v) is 8.23. The van der Waals surface area contributed by atoms with E-state index < -0.39 is 27.2 Å². The molecular formula is C17H21NO7S. The number of carbonyl (C=O) groups is 2. The molecule has 8 nitrogen and oxygen atoms in total. The van der Waals surface area contributed by atoms with Crippen molar-refractivity contribution >= 4 is 22.3 Å². The Labute approximate surface area is 152 Å². The summed E-state index contributed by atoms with van der Waals surface area (Å²) in [6, 6.07) is 7.94. The molecule has 1 atom stereocenters. The zero-order valence-electron chi connectivity index (χ0n) is 14.4. The zero-order chi connectivity index (χ0) is 18.8. The van der Waals surface area contributed by atoms with Gasteiger partial charge in [-0.3, -0.25) is 4.79 Å². The Hall–Kier alpha value is -1.81. The van der Waals surface area contributed by atoms with Crippen molar-refractivity contribution in [1.82, 2.24) is 4.31 Å². The van der Waals surface area contributed by atoms with E-state index in [1.165, 1.54) is 23.5 Å². The van der Waals surface area contributed by atoms with Crippen molar-refractivity contribution in [2.45, 2.75) is 23.5 Å². The van der Waals surface area contributed by atoms with E-state index in [2.05, 4.69) is 0 Å². The van der Waals surface area contributed by atoms with Gasteiger partial charge in [0.1, 0.15) is 11.7 Å². The number of carbonyl (C=O) groups excluding carboxylic acids is 2. The summed E-state index contributed by atoms with van der Waals surface area (Å²) in [7, 11) is -2.64. The Morgan fingerprint density at radius 1 is 1.27 bits per heavy atom. The summed E-state index contributed by atoms with van der Waals surface area (Å²) < 4.78 is 43.6. The molecule has 2 saturated heterocycles. The van der Waals surface area contributed by atoms with Crippen LogP contribution >= 0.6 is 0 Å². The van der Waals surface area contributed by atoms with Gasteiger partial charge in [0.05, 0.1) is 25.2 Å². The molecule has 1 spiro atoms. The molecule has 0 bridgehead atoms. The predicted octanol–water partition coefficient (Wildman–Crippen LogP) is 0.572. The molecule has 0 saturated carbocycles. The highest BCUT2D eigenvalue weighted by atomic mass is 32.2. The number of nitrogens with zero attached hydrogens (tertiary/aromatic N) is 1. The van der Waals surface area contributed by atoms with Crippen molar-refractivity contribution in [1.29, 1.82) is 0 Å². The molecule has 2 heterocycles. The molecule has 0 radical (unpaired) electrons. The van der Waals surface area contributed by atoms with Crippen LogP contribution in [0.15, 0.2) is 35.2 Å². The predicted molar refractivity (Wildman–Crippen MR) is 89.6 cm³/mol. The van der Waals surface area contributed by atoms with E-state index in [-0.39, 0.29) is 44.0 Å². The van der Waals surface area contributed by atoms with Crippen LogP contribution in [0.5, 0.6) is 0 Å². The molecule has 2 aliphatic rings. The largest absolute Gasteiger partial charge is 0.468 e. The molecule has 1 aromatic carbocycles. The molecule has 0 N–H and O–H groups in total. The van der Waals surface area contributed by atoms with E-state index in [4.69, 9.17) is 14.2 Å². The summed E-state index contributed by atoms with van der Waals surface area (Å²) >= 11 is 0. The molecule has 0 amide bonds. The molecule has 9 heteroatoms. The number of piperidine rings is 1. The SMILES string of the molecule is COC(=O)C1(CC=O)CN(S(=O)(=O)c2ccccc2)CCC12OCCO2. The molecule has 1 unspecified atom stereocenters. The topological polar surface area (TPSA) is 99.2 Å². The fourth-order valence-corrected chi connectivity index (χ4v) is 5.22. The molecular weight excluding hydrogens is 362 g/mol. The normalized spacial score (nSPS) is 25.9. The van der Waals surface area contributed by atoms with Gasteiger partial charge in [-0.2, -0.15) is 4.31 Å². The number of benzene rings is 1. The first-order valence-corrected chi connectivity index (χ1v) is 9.71. The van der Waals surface area contributed by atoms with E-state index in [0.29, 0.717) is 6.29 Å². The standard InChI is InChI=1S/C17H21NO7S/c1-23-15(20)16(8-10-19)13-18(9-7-17(16)24-11-12-25-17)26(21,22)14-5-3-2-4-6-14/h2-6,10H,7-9,11-13H2,1H3. The van der Waals surface area contributed by atoms with E-state index in [9.17, 15) is 18.0 Å². The van der Waals surface area contributed by atoms with Gasteiger partial charge in [-0.25, -0.2) is 8.42 Å². The van der Waals surface area contributed by atoms with Gasteiger partial charge in [-0.05, 0) is 12.1 Å². The van der Waals surface area contributed by atoms with E-state index in [0.717, 1.165) is 0 Å². The van der Waals surface area contributed by atoms with Crippen molar-refractivity contribution in [3.8, 4) is 0 Å². The van der Waals surface area contributed by atoms with Crippen LogP contribution in [0.4, 0.5) is 0 Å². The number of esters is 1. The second-order valence-electron chi connectivity index (χ2n) is 6.30. The van der Waals surface area contributed by atoms with Crippen molar-refractivity contribution in [3.05, 3.63) is 30.3 Å². The number of ether oxygens (including phenoxy) is 3. The Morgan fingerprint density at radius 2 is 1.92 bits per heavy atom. The minimum atomic E-state index is -3.84. The van der Waals surface area contributed by atoms with Crippen LogP contribution < -0.4 is 0 Å². The van der Waals surface area contributed by atoms with Crippen LogP contribution in [0.2, 0.25) is 0 Å². The number of hydrogen-bond donors (Lipinski definition) is 0. The van der Waals surface area contributed by atoms with Gasteiger partial charge in [-0.15, -0.1) is 0 Å². The Morgan fingerprint density at radius 3 is 2.50 bits per heavy atom. The third-order valence-corrected chi connectivity index (χ3v) is 6.87. The summed E-state index contributed by atoms with van der Waals surface area (Å²) in [4.78, 5) is 24.2. The summed E-state index contributed by atoms with van der Waals surface area (Å²) in [5.74, 6) is -2.08. The lowest BCUT2D eigenvalue weighted by Gasteiger charge is -2.49. The molecule has 3 rings (SSSR count). The minimum absolute atomic E-state index is 0.106. The van der Waals surface area contributed by atoms with Crippen molar-refractivity contribution in [2.75, 3.05) is 33.4 Å². The van der Waals surface area contributed by atoms with Crippen LogP contribution in [0, 0.1) is 5.41 Å². The van der Waals surface area contributed by atoms with Crippen LogP contribution in [-0.4, -0.2) is 64.2 Å². The van der Waals surface area contributed by atoms with E-state index in [1.54, 1.807) is 18.2 Å². The first-order chi connectivity index (χ1) is 12.4. The maximum atomic E-state index is 13.0. The monoisotopic (exact) mass is 383 g/mol. The summed E-state index contributed by atoms with van der Waals surface area (Å²) in [6.07, 6.45) is 0.435. The van der Waals surface area contributed by atoms with Crippen LogP contribution in [0.1, 0.15) is 12.8 Å². The third kappa shape index (κ3) is 2.84. The average molecular weight is 383 g/mol. The summed E-state index contributed by atoms with van der Waals surface area (Å²) in [5.41, 5.74) is -1.56. The summed E-state index contributed by atoms with van der Waals surface area (Å²) in [5, 5.41) is 0. The molecule has 26 heavy (non-hydrogen) atoms. The molecule has 2 aliphatic heterocycles. The van der Waals surface area contributed by atoms with Crippen molar-refractivity contribution in [2.24, 2.45) is 5.41 Å². The smallest absolute Gasteiger partial charge is 0.319 e. The quantitative estimate of drug-likeness (QED) is 0.541. The highest BCUT2D eigenvalue weighted by Crippen LogP contribution is 2.49. The van der Waals surface area contributed by atoms with E-state index in [1.807, 2.05) is 0 Å². The lowest BCUT2D eigenvalue weighted by molar-refractivity contribution is -0.260. The number of methoxy groups -OCH3 is 1. The maximum absolute atomic E-state index is 13.0. The number of rotatable bonds is 5. The Bertz CT molecular complexity index is 774. The molecule has 0 aliphatic carbocycles. The maximum Gasteiger partial charge on any atom is 0.319 e. The van der Waals surface area contributed by atoms with Gasteiger partial charge in [0.2, 0.25) is 10.0 Å². The van der Waals surface area contributed by atoms with Crippen LogP contribution in [0.3, 0.4) is 0 Å². The minimum Gasteiger partial charge on any atom is -0.468 e. The lowest BCUT2D eigenvalue weighted by Crippen LogP contribution is -2.65. The number of hydrogen-bond acceptors (Lipinski definition) is 7. The molecule has 1 aromatic rings. The van der Waals surface area contributed by atoms with Crippen LogP contribution in [0.25, 0.3) is 0 Å². The molecule has 2 fully saturated rings. The number of aldehydes is 1. The van der Waals surface area contributed by atoms with Gasteiger partial charge < -0.3 is 19.0 Å².